The van der Waals surface area contributed by atoms with E-state index >= 15 is 0 Å². The summed E-state index contributed by atoms with van der Waals surface area (Å²) in [5.74, 6) is 1.65. The third-order valence-corrected chi connectivity index (χ3v) is 3.89. The molecule has 1 N–H and O–H groups in total. The third kappa shape index (κ3) is 3.03. The van der Waals surface area contributed by atoms with E-state index in [1.807, 2.05) is 18.2 Å². The number of carbonyl (C=O) groups excluding carboxylic acids is 1. The van der Waals surface area contributed by atoms with Crippen LogP contribution in [-0.2, 0) is 4.79 Å². The SMILES string of the molecule is CC1Oc2ccccc2OC1C(=O)Nc1ccc(-n2ccnc2)nc1. The largest absolute Gasteiger partial charge is 0.482 e. The standard InChI is InChI=1S/C18H16N4O3/c1-12-17(25-15-5-3-2-4-14(15)24-12)18(23)21-13-6-7-16(20-10-13)22-9-8-19-11-22/h2-12,17H,1H3,(H,21,23). The second kappa shape index (κ2) is 6.27. The molecule has 1 aliphatic heterocycles. The zero-order valence-corrected chi connectivity index (χ0v) is 13.5. The maximum atomic E-state index is 12.5. The fourth-order valence-corrected chi connectivity index (χ4v) is 2.63. The number of ether oxygens (including phenoxy) is 2. The number of pyridine rings is 1. The molecule has 4 rings (SSSR count). The second-order valence-electron chi connectivity index (χ2n) is 5.67. The Bertz CT molecular complexity index is 878. The van der Waals surface area contributed by atoms with E-state index in [-0.39, 0.29) is 5.91 Å². The van der Waals surface area contributed by atoms with Gasteiger partial charge in [0.15, 0.2) is 11.5 Å². The van der Waals surface area contributed by atoms with Crippen LogP contribution in [0.15, 0.2) is 61.3 Å². The van der Waals surface area contributed by atoms with Crippen LogP contribution in [0.4, 0.5) is 5.69 Å². The summed E-state index contributed by atoms with van der Waals surface area (Å²) in [6.07, 6.45) is 5.60. The molecule has 0 fully saturated rings. The van der Waals surface area contributed by atoms with Crippen molar-refractivity contribution in [2.24, 2.45) is 0 Å². The molecular formula is C18H16N4O3. The van der Waals surface area contributed by atoms with Gasteiger partial charge in [-0.3, -0.25) is 9.36 Å². The van der Waals surface area contributed by atoms with E-state index in [0.29, 0.717) is 17.2 Å². The van der Waals surface area contributed by atoms with Gasteiger partial charge in [-0.15, -0.1) is 0 Å². The number of anilines is 1. The van der Waals surface area contributed by atoms with Gasteiger partial charge in [0.1, 0.15) is 18.2 Å². The Balaban J connectivity index is 1.47. The van der Waals surface area contributed by atoms with Crippen LogP contribution in [0.5, 0.6) is 11.5 Å². The number of hydrogen-bond acceptors (Lipinski definition) is 5. The van der Waals surface area contributed by atoms with Gasteiger partial charge in [0.2, 0.25) is 6.10 Å². The molecule has 1 amide bonds. The molecule has 2 aromatic heterocycles. The van der Waals surface area contributed by atoms with Gasteiger partial charge in [0, 0.05) is 12.4 Å². The molecule has 1 aromatic carbocycles. The molecule has 0 aliphatic carbocycles. The molecule has 1 aliphatic rings. The molecule has 3 aromatic rings. The fourth-order valence-electron chi connectivity index (χ4n) is 2.63. The normalized spacial score (nSPS) is 18.6. The molecule has 25 heavy (non-hydrogen) atoms. The number of carbonyl (C=O) groups is 1. The molecule has 0 saturated heterocycles. The number of nitrogens with zero attached hydrogens (tertiary/aromatic N) is 3. The van der Waals surface area contributed by atoms with Gasteiger partial charge in [-0.25, -0.2) is 9.97 Å². The van der Waals surface area contributed by atoms with Crippen molar-refractivity contribution in [3.63, 3.8) is 0 Å². The highest BCUT2D eigenvalue weighted by atomic mass is 16.6. The summed E-state index contributed by atoms with van der Waals surface area (Å²) in [5, 5.41) is 2.81. The number of imidazole rings is 1. The zero-order chi connectivity index (χ0) is 17.2. The van der Waals surface area contributed by atoms with Crippen LogP contribution in [0.1, 0.15) is 6.92 Å². The predicted molar refractivity (Wildman–Crippen MR) is 90.9 cm³/mol. The number of aromatic nitrogens is 3. The molecule has 0 spiro atoms. The van der Waals surface area contributed by atoms with Gasteiger partial charge in [-0.2, -0.15) is 0 Å². The number of rotatable bonds is 3. The quantitative estimate of drug-likeness (QED) is 0.795. The predicted octanol–water partition coefficient (Wildman–Crippen LogP) is 2.43. The summed E-state index contributed by atoms with van der Waals surface area (Å²) in [6, 6.07) is 10.9. The number of para-hydroxylation sites is 2. The lowest BCUT2D eigenvalue weighted by Gasteiger charge is -2.30. The van der Waals surface area contributed by atoms with Gasteiger partial charge >= 0.3 is 0 Å². The summed E-state index contributed by atoms with van der Waals surface area (Å²) >= 11 is 0. The highest BCUT2D eigenvalue weighted by molar-refractivity contribution is 5.95. The molecule has 7 nitrogen and oxygen atoms in total. The molecule has 0 radical (unpaired) electrons. The van der Waals surface area contributed by atoms with E-state index in [2.05, 4.69) is 15.3 Å². The van der Waals surface area contributed by atoms with Crippen LogP contribution in [0.3, 0.4) is 0 Å². The first-order chi connectivity index (χ1) is 12.2. The second-order valence-corrected chi connectivity index (χ2v) is 5.67. The third-order valence-electron chi connectivity index (χ3n) is 3.89. The topological polar surface area (TPSA) is 78.3 Å². The van der Waals surface area contributed by atoms with E-state index in [0.717, 1.165) is 5.82 Å². The van der Waals surface area contributed by atoms with E-state index in [1.54, 1.807) is 54.6 Å². The van der Waals surface area contributed by atoms with E-state index < -0.39 is 12.2 Å². The highest BCUT2D eigenvalue weighted by Crippen LogP contribution is 2.33. The van der Waals surface area contributed by atoms with Crippen LogP contribution < -0.4 is 14.8 Å². The van der Waals surface area contributed by atoms with Crippen LogP contribution in [0.25, 0.3) is 5.82 Å². The van der Waals surface area contributed by atoms with Crippen molar-refractivity contribution in [1.29, 1.82) is 0 Å². The van der Waals surface area contributed by atoms with Gasteiger partial charge in [-0.05, 0) is 31.2 Å². The number of amides is 1. The molecule has 0 saturated carbocycles. The molecule has 3 heterocycles. The van der Waals surface area contributed by atoms with Crippen LogP contribution in [-0.4, -0.2) is 32.7 Å². The summed E-state index contributed by atoms with van der Waals surface area (Å²) < 4.78 is 13.3. The van der Waals surface area contributed by atoms with Crippen LogP contribution in [0, 0.1) is 0 Å². The minimum absolute atomic E-state index is 0.279. The van der Waals surface area contributed by atoms with E-state index in [4.69, 9.17) is 9.47 Å². The smallest absolute Gasteiger partial charge is 0.269 e. The van der Waals surface area contributed by atoms with Crippen molar-refractivity contribution in [1.82, 2.24) is 14.5 Å². The monoisotopic (exact) mass is 336 g/mol. The Kier molecular flexibility index (Phi) is 3.81. The maximum absolute atomic E-state index is 12.5. The Morgan fingerprint density at radius 2 is 1.96 bits per heavy atom. The van der Waals surface area contributed by atoms with Crippen molar-refractivity contribution in [3.05, 3.63) is 61.3 Å². The van der Waals surface area contributed by atoms with Gasteiger partial charge in [0.05, 0.1) is 11.9 Å². The van der Waals surface area contributed by atoms with Gasteiger partial charge < -0.3 is 14.8 Å². The summed E-state index contributed by atoms with van der Waals surface area (Å²) in [7, 11) is 0. The number of benzene rings is 1. The number of nitrogens with one attached hydrogen (secondary N) is 1. The minimum Gasteiger partial charge on any atom is -0.482 e. The minimum atomic E-state index is -0.733. The zero-order valence-electron chi connectivity index (χ0n) is 13.5. The highest BCUT2D eigenvalue weighted by Gasteiger charge is 2.34. The first-order valence-corrected chi connectivity index (χ1v) is 7.88. The Hall–Kier alpha value is -3.35. The lowest BCUT2D eigenvalue weighted by Crippen LogP contribution is -2.46. The average molecular weight is 336 g/mol. The summed E-state index contributed by atoms with van der Waals surface area (Å²) in [6.45, 7) is 1.81. The Morgan fingerprint density at radius 3 is 2.64 bits per heavy atom. The van der Waals surface area contributed by atoms with Crippen molar-refractivity contribution in [2.45, 2.75) is 19.1 Å². The van der Waals surface area contributed by atoms with Gasteiger partial charge in [-0.1, -0.05) is 12.1 Å². The molecule has 2 atom stereocenters. The van der Waals surface area contributed by atoms with Crippen LogP contribution >= 0.6 is 0 Å². The van der Waals surface area contributed by atoms with Crippen LogP contribution in [0.2, 0.25) is 0 Å². The lowest BCUT2D eigenvalue weighted by molar-refractivity contribution is -0.128. The first kappa shape index (κ1) is 15.2. The summed E-state index contributed by atoms with van der Waals surface area (Å²) in [5.41, 5.74) is 0.587. The molecule has 7 heteroatoms. The average Bonchev–Trinajstić information content (AvgIpc) is 3.16. The molecular weight excluding hydrogens is 320 g/mol. The first-order valence-electron chi connectivity index (χ1n) is 7.88. The molecule has 126 valence electrons. The fraction of sp³-hybridized carbons (Fsp3) is 0.167. The van der Waals surface area contributed by atoms with E-state index in [1.165, 1.54) is 0 Å². The van der Waals surface area contributed by atoms with Crippen molar-refractivity contribution >= 4 is 11.6 Å². The Labute approximate surface area is 144 Å². The lowest BCUT2D eigenvalue weighted by atomic mass is 10.1. The number of fused-ring (bicyclic) bond motifs is 1. The maximum Gasteiger partial charge on any atom is 0.269 e. The van der Waals surface area contributed by atoms with Crippen molar-refractivity contribution in [3.8, 4) is 17.3 Å². The molecule has 2 unspecified atom stereocenters. The van der Waals surface area contributed by atoms with Gasteiger partial charge in [0.25, 0.3) is 5.91 Å². The van der Waals surface area contributed by atoms with E-state index in [9.17, 15) is 4.79 Å². The molecule has 0 bridgehead atoms. The Morgan fingerprint density at radius 1 is 1.16 bits per heavy atom. The van der Waals surface area contributed by atoms with Crippen molar-refractivity contribution in [2.75, 3.05) is 5.32 Å². The van der Waals surface area contributed by atoms with Crippen molar-refractivity contribution < 1.29 is 14.3 Å². The number of hydrogen-bond donors (Lipinski definition) is 1. The summed E-state index contributed by atoms with van der Waals surface area (Å²) in [4.78, 5) is 20.8.